The Balaban J connectivity index is 2.09. The molecular formula is C13H18N2O2. The van der Waals surface area contributed by atoms with E-state index < -0.39 is 0 Å². The van der Waals surface area contributed by atoms with Crippen LogP contribution < -0.4 is 15.0 Å². The minimum atomic E-state index is 0.0747. The number of anilines is 1. The number of rotatable bonds is 4. The minimum Gasteiger partial charge on any atom is -0.493 e. The van der Waals surface area contributed by atoms with Crippen molar-refractivity contribution in [2.75, 3.05) is 31.6 Å². The zero-order valence-corrected chi connectivity index (χ0v) is 10.3. The molecule has 17 heavy (non-hydrogen) atoms. The average Bonchev–Trinajstić information content (AvgIpc) is 2.81. The number of carbonyl (C=O) groups is 1. The summed E-state index contributed by atoms with van der Waals surface area (Å²) >= 11 is 0. The Morgan fingerprint density at radius 2 is 2.35 bits per heavy atom. The maximum Gasteiger partial charge on any atom is 0.240 e. The van der Waals surface area contributed by atoms with Gasteiger partial charge >= 0.3 is 0 Å². The van der Waals surface area contributed by atoms with E-state index >= 15 is 0 Å². The first kappa shape index (κ1) is 11.9. The fourth-order valence-electron chi connectivity index (χ4n) is 1.88. The molecule has 0 aromatic heterocycles. The Kier molecular flexibility index (Phi) is 3.64. The smallest absolute Gasteiger partial charge is 0.240 e. The van der Waals surface area contributed by atoms with Gasteiger partial charge < -0.3 is 15.0 Å². The van der Waals surface area contributed by atoms with Crippen molar-refractivity contribution in [1.82, 2.24) is 5.32 Å². The predicted octanol–water partition coefficient (Wildman–Crippen LogP) is 1.19. The van der Waals surface area contributed by atoms with Gasteiger partial charge in [0.2, 0.25) is 5.91 Å². The van der Waals surface area contributed by atoms with Crippen molar-refractivity contribution < 1.29 is 9.53 Å². The van der Waals surface area contributed by atoms with Gasteiger partial charge in [-0.1, -0.05) is 6.92 Å². The van der Waals surface area contributed by atoms with Gasteiger partial charge in [-0.15, -0.1) is 0 Å². The van der Waals surface area contributed by atoms with Gasteiger partial charge in [0.1, 0.15) is 5.75 Å². The van der Waals surface area contributed by atoms with Crippen LogP contribution >= 0.6 is 0 Å². The van der Waals surface area contributed by atoms with Crippen molar-refractivity contribution in [3.63, 3.8) is 0 Å². The lowest BCUT2D eigenvalue weighted by molar-refractivity contribution is -0.117. The van der Waals surface area contributed by atoms with Gasteiger partial charge in [-0.3, -0.25) is 4.79 Å². The molecule has 1 aromatic rings. The SMILES string of the molecule is CCNCC(=O)N(C)c1ccc2c(c1)CCO2. The lowest BCUT2D eigenvalue weighted by Crippen LogP contribution is -2.35. The first-order chi connectivity index (χ1) is 8.22. The second-order valence-electron chi connectivity index (χ2n) is 4.12. The highest BCUT2D eigenvalue weighted by atomic mass is 16.5. The van der Waals surface area contributed by atoms with Gasteiger partial charge in [0, 0.05) is 19.2 Å². The van der Waals surface area contributed by atoms with Crippen molar-refractivity contribution in [3.05, 3.63) is 23.8 Å². The summed E-state index contributed by atoms with van der Waals surface area (Å²) in [6, 6.07) is 5.90. The van der Waals surface area contributed by atoms with E-state index in [1.807, 2.05) is 25.1 Å². The molecule has 1 aliphatic heterocycles. The molecule has 1 aliphatic rings. The van der Waals surface area contributed by atoms with E-state index in [2.05, 4.69) is 5.32 Å². The molecule has 4 heteroatoms. The number of nitrogens with zero attached hydrogens (tertiary/aromatic N) is 1. The Labute approximate surface area is 102 Å². The number of fused-ring (bicyclic) bond motifs is 1. The number of likely N-dealkylation sites (N-methyl/N-ethyl adjacent to an activating group) is 2. The summed E-state index contributed by atoms with van der Waals surface area (Å²) in [5.74, 6) is 1.02. The fourth-order valence-corrected chi connectivity index (χ4v) is 1.88. The van der Waals surface area contributed by atoms with Crippen LogP contribution in [0, 0.1) is 0 Å². The summed E-state index contributed by atoms with van der Waals surface area (Å²) < 4.78 is 5.44. The summed E-state index contributed by atoms with van der Waals surface area (Å²) in [4.78, 5) is 13.5. The van der Waals surface area contributed by atoms with Gasteiger partial charge in [0.15, 0.2) is 0 Å². The van der Waals surface area contributed by atoms with E-state index in [0.29, 0.717) is 6.54 Å². The molecule has 1 N–H and O–H groups in total. The molecule has 92 valence electrons. The lowest BCUT2D eigenvalue weighted by atomic mass is 10.1. The first-order valence-corrected chi connectivity index (χ1v) is 5.95. The number of benzene rings is 1. The summed E-state index contributed by atoms with van der Waals surface area (Å²) in [5, 5.41) is 3.04. The van der Waals surface area contributed by atoms with E-state index in [0.717, 1.165) is 31.0 Å². The van der Waals surface area contributed by atoms with Crippen LogP contribution in [0.15, 0.2) is 18.2 Å². The van der Waals surface area contributed by atoms with Crippen molar-refractivity contribution in [3.8, 4) is 5.75 Å². The van der Waals surface area contributed by atoms with Gasteiger partial charge in [-0.25, -0.2) is 0 Å². The highest BCUT2D eigenvalue weighted by Gasteiger charge is 2.15. The third-order valence-corrected chi connectivity index (χ3v) is 2.96. The van der Waals surface area contributed by atoms with E-state index in [4.69, 9.17) is 4.74 Å². The minimum absolute atomic E-state index is 0.0747. The fraction of sp³-hybridized carbons (Fsp3) is 0.462. The number of ether oxygens (including phenoxy) is 1. The normalized spacial score (nSPS) is 13.1. The second-order valence-corrected chi connectivity index (χ2v) is 4.12. The quantitative estimate of drug-likeness (QED) is 0.851. The molecule has 1 amide bonds. The van der Waals surface area contributed by atoms with Crippen molar-refractivity contribution in [1.29, 1.82) is 0 Å². The van der Waals surface area contributed by atoms with Crippen LogP contribution in [0.2, 0.25) is 0 Å². The van der Waals surface area contributed by atoms with Crippen LogP contribution in [0.1, 0.15) is 12.5 Å². The first-order valence-electron chi connectivity index (χ1n) is 5.95. The van der Waals surface area contributed by atoms with Crippen molar-refractivity contribution in [2.24, 2.45) is 0 Å². The summed E-state index contributed by atoms with van der Waals surface area (Å²) in [5.41, 5.74) is 2.11. The molecule has 0 unspecified atom stereocenters. The third-order valence-electron chi connectivity index (χ3n) is 2.96. The van der Waals surface area contributed by atoms with Crippen molar-refractivity contribution in [2.45, 2.75) is 13.3 Å². The summed E-state index contributed by atoms with van der Waals surface area (Å²) in [7, 11) is 1.80. The highest BCUT2D eigenvalue weighted by molar-refractivity contribution is 5.94. The summed E-state index contributed by atoms with van der Waals surface area (Å²) in [6.07, 6.45) is 0.929. The second kappa shape index (κ2) is 5.19. The standard InChI is InChI=1S/C13H18N2O2/c1-3-14-9-13(16)15(2)11-4-5-12-10(8-11)6-7-17-12/h4-5,8,14H,3,6-7,9H2,1-2H3. The van der Waals surface area contributed by atoms with Crippen LogP contribution in [0.5, 0.6) is 5.75 Å². The molecule has 0 saturated heterocycles. The molecule has 2 rings (SSSR count). The Morgan fingerprint density at radius 3 is 3.12 bits per heavy atom. The van der Waals surface area contributed by atoms with Crippen LogP contribution in [-0.4, -0.2) is 32.7 Å². The van der Waals surface area contributed by atoms with Crippen LogP contribution in [-0.2, 0) is 11.2 Å². The number of hydrogen-bond donors (Lipinski definition) is 1. The predicted molar refractivity (Wildman–Crippen MR) is 67.6 cm³/mol. The molecular weight excluding hydrogens is 216 g/mol. The Morgan fingerprint density at radius 1 is 1.53 bits per heavy atom. The van der Waals surface area contributed by atoms with E-state index in [9.17, 15) is 4.79 Å². The van der Waals surface area contributed by atoms with E-state index in [-0.39, 0.29) is 5.91 Å². The van der Waals surface area contributed by atoms with Crippen molar-refractivity contribution >= 4 is 11.6 Å². The molecule has 0 radical (unpaired) electrons. The molecule has 1 heterocycles. The summed E-state index contributed by atoms with van der Waals surface area (Å²) in [6.45, 7) is 3.91. The maximum atomic E-state index is 11.8. The molecule has 0 aliphatic carbocycles. The number of hydrogen-bond acceptors (Lipinski definition) is 3. The van der Waals surface area contributed by atoms with Gasteiger partial charge in [0.25, 0.3) is 0 Å². The number of amides is 1. The topological polar surface area (TPSA) is 41.6 Å². The zero-order chi connectivity index (χ0) is 12.3. The molecule has 0 atom stereocenters. The number of carbonyl (C=O) groups excluding carboxylic acids is 1. The highest BCUT2D eigenvalue weighted by Crippen LogP contribution is 2.29. The van der Waals surface area contributed by atoms with E-state index in [1.165, 1.54) is 5.56 Å². The molecule has 0 saturated carbocycles. The van der Waals surface area contributed by atoms with Crippen LogP contribution in [0.3, 0.4) is 0 Å². The molecule has 0 spiro atoms. The molecule has 1 aromatic carbocycles. The third kappa shape index (κ3) is 2.58. The van der Waals surface area contributed by atoms with Gasteiger partial charge in [-0.05, 0) is 30.3 Å². The average molecular weight is 234 g/mol. The van der Waals surface area contributed by atoms with Gasteiger partial charge in [-0.2, -0.15) is 0 Å². The van der Waals surface area contributed by atoms with Crippen LogP contribution in [0.4, 0.5) is 5.69 Å². The molecule has 4 nitrogen and oxygen atoms in total. The Hall–Kier alpha value is -1.55. The molecule has 0 bridgehead atoms. The Bertz CT molecular complexity index is 418. The zero-order valence-electron chi connectivity index (χ0n) is 10.3. The monoisotopic (exact) mass is 234 g/mol. The van der Waals surface area contributed by atoms with Crippen LogP contribution in [0.25, 0.3) is 0 Å². The molecule has 0 fully saturated rings. The van der Waals surface area contributed by atoms with Gasteiger partial charge in [0.05, 0.1) is 13.2 Å². The van der Waals surface area contributed by atoms with E-state index in [1.54, 1.807) is 11.9 Å². The largest absolute Gasteiger partial charge is 0.493 e. The number of nitrogens with one attached hydrogen (secondary N) is 1. The lowest BCUT2D eigenvalue weighted by Gasteiger charge is -2.18. The maximum absolute atomic E-state index is 11.8.